The van der Waals surface area contributed by atoms with Gasteiger partial charge in [-0.1, -0.05) is 44.2 Å². The number of hydrogen-bond donors (Lipinski definition) is 0. The molecule has 0 amide bonds. The lowest BCUT2D eigenvalue weighted by Crippen LogP contribution is -1.99. The minimum absolute atomic E-state index is 0.342. The molecule has 0 spiro atoms. The monoisotopic (exact) mass is 331 g/mol. The summed E-state index contributed by atoms with van der Waals surface area (Å²) in [5, 5.41) is 9.53. The fraction of sp³-hybridized carbons (Fsp3) is 0.333. The molecule has 1 aromatic carbocycles. The van der Waals surface area contributed by atoms with Crippen LogP contribution < -0.4 is 0 Å². The topological polar surface area (TPSA) is 56.5 Å². The molecule has 0 N–H and O–H groups in total. The van der Waals surface area contributed by atoms with E-state index < -0.39 is 0 Å². The third-order valence-corrected chi connectivity index (χ3v) is 4.93. The Kier molecular flexibility index (Phi) is 4.54. The molecule has 0 atom stereocenters. The molecular weight excluding hydrogens is 314 g/mol. The summed E-state index contributed by atoms with van der Waals surface area (Å²) in [6.07, 6.45) is 0. The highest BCUT2D eigenvalue weighted by atomic mass is 32.2. The third-order valence-electron chi connectivity index (χ3n) is 3.18. The Balaban J connectivity index is 1.90. The summed E-state index contributed by atoms with van der Waals surface area (Å²) in [6, 6.07) is 10.1. The van der Waals surface area contributed by atoms with E-state index in [0.717, 1.165) is 33.3 Å². The van der Waals surface area contributed by atoms with Crippen molar-refractivity contribution in [3.63, 3.8) is 0 Å². The maximum Gasteiger partial charge on any atom is 0.198 e. The molecule has 2 heterocycles. The van der Waals surface area contributed by atoms with Gasteiger partial charge in [0.25, 0.3) is 0 Å². The zero-order valence-electron chi connectivity index (χ0n) is 12.7. The van der Waals surface area contributed by atoms with E-state index in [9.17, 15) is 0 Å². The van der Waals surface area contributed by atoms with E-state index in [0.29, 0.717) is 5.92 Å². The molecule has 2 aromatic heterocycles. The Hall–Kier alpha value is -1.73. The van der Waals surface area contributed by atoms with Gasteiger partial charge in [-0.2, -0.15) is 4.37 Å². The lowest BCUT2D eigenvalue weighted by Gasteiger charge is -2.05. The van der Waals surface area contributed by atoms with Crippen LogP contribution in [0.5, 0.6) is 0 Å². The Morgan fingerprint density at radius 3 is 2.59 bits per heavy atom. The van der Waals surface area contributed by atoms with Crippen LogP contribution in [-0.2, 0) is 6.54 Å². The Labute approximate surface area is 138 Å². The maximum atomic E-state index is 4.55. The number of hydrogen-bond acceptors (Lipinski definition) is 6. The average Bonchev–Trinajstić information content (AvgIpc) is 3.15. The zero-order chi connectivity index (χ0) is 15.5. The summed E-state index contributed by atoms with van der Waals surface area (Å²) < 4.78 is 7.40. The first kappa shape index (κ1) is 15.2. The van der Waals surface area contributed by atoms with Crippen LogP contribution in [0.15, 0.2) is 39.8 Å². The summed E-state index contributed by atoms with van der Waals surface area (Å²) in [5.41, 5.74) is 1.07. The molecule has 0 aliphatic rings. The van der Waals surface area contributed by atoms with E-state index in [-0.39, 0.29) is 0 Å². The highest BCUT2D eigenvalue weighted by Gasteiger charge is 2.16. The molecule has 0 aliphatic carbocycles. The summed E-state index contributed by atoms with van der Waals surface area (Å²) in [4.78, 5) is 4.55. The van der Waals surface area contributed by atoms with Gasteiger partial charge in [-0.05, 0) is 30.2 Å². The van der Waals surface area contributed by atoms with Crippen molar-refractivity contribution in [1.82, 2.24) is 24.1 Å². The Bertz CT molecular complexity index is 748. The van der Waals surface area contributed by atoms with Gasteiger partial charge < -0.3 is 4.57 Å². The third kappa shape index (κ3) is 3.05. The van der Waals surface area contributed by atoms with Gasteiger partial charge in [0, 0.05) is 18.0 Å². The van der Waals surface area contributed by atoms with Gasteiger partial charge in [0.2, 0.25) is 0 Å². The minimum atomic E-state index is 0.342. The molecule has 0 fully saturated rings. The van der Waals surface area contributed by atoms with E-state index in [4.69, 9.17) is 0 Å². The van der Waals surface area contributed by atoms with E-state index in [1.165, 1.54) is 23.3 Å². The van der Waals surface area contributed by atoms with Gasteiger partial charge in [0.1, 0.15) is 5.82 Å². The van der Waals surface area contributed by atoms with Crippen molar-refractivity contribution in [3.05, 3.63) is 36.2 Å². The Morgan fingerprint density at radius 2 is 1.95 bits per heavy atom. The molecule has 0 saturated carbocycles. The maximum absolute atomic E-state index is 4.55. The molecule has 0 aliphatic heterocycles. The molecular formula is C15H17N5S2. The zero-order valence-corrected chi connectivity index (χ0v) is 14.4. The van der Waals surface area contributed by atoms with Gasteiger partial charge in [-0.25, -0.2) is 4.98 Å². The molecule has 0 unspecified atom stereocenters. The van der Waals surface area contributed by atoms with Crippen molar-refractivity contribution < 1.29 is 0 Å². The standard InChI is InChI=1S/C15H17N5S2/c1-4-20-13(11-8-6-5-7-9-11)17-18-14(20)21-15-16-12(10(2)3)19-22-15/h5-10H,4H2,1-3H3. The van der Waals surface area contributed by atoms with Gasteiger partial charge in [-0.3, -0.25) is 0 Å². The second-order valence-corrected chi connectivity index (χ2v) is 7.06. The smallest absolute Gasteiger partial charge is 0.198 e. The van der Waals surface area contributed by atoms with E-state index in [1.54, 1.807) is 0 Å². The minimum Gasteiger partial charge on any atom is -0.302 e. The molecule has 3 aromatic rings. The van der Waals surface area contributed by atoms with Crippen molar-refractivity contribution in [2.75, 3.05) is 0 Å². The average molecular weight is 331 g/mol. The predicted molar refractivity (Wildman–Crippen MR) is 89.3 cm³/mol. The van der Waals surface area contributed by atoms with E-state index >= 15 is 0 Å². The van der Waals surface area contributed by atoms with Crippen LogP contribution in [-0.4, -0.2) is 24.1 Å². The second-order valence-electron chi connectivity index (χ2n) is 5.09. The number of aromatic nitrogens is 5. The fourth-order valence-electron chi connectivity index (χ4n) is 2.02. The molecule has 0 bridgehead atoms. The van der Waals surface area contributed by atoms with Crippen LogP contribution in [0.25, 0.3) is 11.4 Å². The van der Waals surface area contributed by atoms with Crippen LogP contribution in [0, 0.1) is 0 Å². The fourth-order valence-corrected chi connectivity index (χ4v) is 3.77. The summed E-state index contributed by atoms with van der Waals surface area (Å²) in [6.45, 7) is 7.10. The van der Waals surface area contributed by atoms with Crippen molar-refractivity contribution in [3.8, 4) is 11.4 Å². The quantitative estimate of drug-likeness (QED) is 0.705. The normalized spacial score (nSPS) is 11.3. The molecule has 0 radical (unpaired) electrons. The summed E-state index contributed by atoms with van der Waals surface area (Å²) >= 11 is 2.94. The van der Waals surface area contributed by atoms with Crippen molar-refractivity contribution in [2.45, 2.75) is 42.7 Å². The predicted octanol–water partition coefficient (Wildman–Crippen LogP) is 4.09. The molecule has 7 heteroatoms. The van der Waals surface area contributed by atoms with Gasteiger partial charge in [0.05, 0.1) is 0 Å². The number of benzene rings is 1. The molecule has 3 rings (SSSR count). The van der Waals surface area contributed by atoms with Gasteiger partial charge in [0.15, 0.2) is 15.3 Å². The number of rotatable bonds is 5. The first-order valence-corrected chi connectivity index (χ1v) is 8.78. The lowest BCUT2D eigenvalue weighted by atomic mass is 10.2. The van der Waals surface area contributed by atoms with Crippen LogP contribution in [0.3, 0.4) is 0 Å². The van der Waals surface area contributed by atoms with Crippen LogP contribution in [0.4, 0.5) is 0 Å². The summed E-state index contributed by atoms with van der Waals surface area (Å²) in [7, 11) is 0. The van der Waals surface area contributed by atoms with Crippen LogP contribution in [0.2, 0.25) is 0 Å². The highest BCUT2D eigenvalue weighted by molar-refractivity contribution is 8.00. The first-order chi connectivity index (χ1) is 10.7. The van der Waals surface area contributed by atoms with Crippen LogP contribution >= 0.6 is 23.3 Å². The highest BCUT2D eigenvalue weighted by Crippen LogP contribution is 2.31. The first-order valence-electron chi connectivity index (χ1n) is 7.19. The molecule has 114 valence electrons. The van der Waals surface area contributed by atoms with E-state index in [2.05, 4.69) is 44.9 Å². The van der Waals surface area contributed by atoms with Gasteiger partial charge in [-0.15, -0.1) is 10.2 Å². The summed E-state index contributed by atoms with van der Waals surface area (Å²) in [5.74, 6) is 2.12. The van der Waals surface area contributed by atoms with Crippen molar-refractivity contribution >= 4 is 23.3 Å². The van der Waals surface area contributed by atoms with E-state index in [1.807, 2.05) is 30.3 Å². The Morgan fingerprint density at radius 1 is 1.18 bits per heavy atom. The van der Waals surface area contributed by atoms with Crippen molar-refractivity contribution in [2.24, 2.45) is 0 Å². The largest absolute Gasteiger partial charge is 0.302 e. The van der Waals surface area contributed by atoms with Crippen LogP contribution in [0.1, 0.15) is 32.5 Å². The molecule has 0 saturated heterocycles. The molecule has 5 nitrogen and oxygen atoms in total. The second kappa shape index (κ2) is 6.58. The lowest BCUT2D eigenvalue weighted by molar-refractivity contribution is 0.687. The van der Waals surface area contributed by atoms with Gasteiger partial charge >= 0.3 is 0 Å². The SMILES string of the molecule is CCn1c(Sc2nc(C(C)C)ns2)nnc1-c1ccccc1. The number of nitrogens with zero attached hydrogens (tertiary/aromatic N) is 5. The van der Waals surface area contributed by atoms with Crippen molar-refractivity contribution in [1.29, 1.82) is 0 Å². The molecule has 22 heavy (non-hydrogen) atoms.